The van der Waals surface area contributed by atoms with Crippen LogP contribution >= 0.6 is 0 Å². The van der Waals surface area contributed by atoms with Crippen molar-refractivity contribution >= 4 is 27.5 Å². The third-order valence-electron chi connectivity index (χ3n) is 10.2. The summed E-state index contributed by atoms with van der Waals surface area (Å²) in [4.78, 5) is 18.7. The first-order valence-electron chi connectivity index (χ1n) is 15.6. The lowest BCUT2D eigenvalue weighted by Crippen LogP contribution is -2.51. The van der Waals surface area contributed by atoms with Crippen molar-refractivity contribution in [2.75, 3.05) is 44.9 Å². The van der Waals surface area contributed by atoms with Crippen molar-refractivity contribution in [1.29, 1.82) is 0 Å². The van der Waals surface area contributed by atoms with Crippen LogP contribution in [0.15, 0.2) is 36.5 Å². The van der Waals surface area contributed by atoms with E-state index in [2.05, 4.69) is 25.1 Å². The number of phenols is 1. The Hall–Kier alpha value is -3.67. The molecular weight excluding hydrogens is 566 g/mol. The van der Waals surface area contributed by atoms with Crippen molar-refractivity contribution in [2.24, 2.45) is 0 Å². The van der Waals surface area contributed by atoms with Gasteiger partial charge in [0.1, 0.15) is 35.2 Å². The predicted octanol–water partition coefficient (Wildman–Crippen LogP) is 4.79. The van der Waals surface area contributed by atoms with Crippen LogP contribution in [0.2, 0.25) is 0 Å². The van der Waals surface area contributed by atoms with Crippen molar-refractivity contribution in [1.82, 2.24) is 25.2 Å². The molecule has 2 aromatic carbocycles. The molecule has 6 heterocycles. The van der Waals surface area contributed by atoms with Gasteiger partial charge in [-0.2, -0.15) is 9.97 Å². The number of fused-ring (bicyclic) bond motifs is 5. The Morgan fingerprint density at radius 1 is 1.09 bits per heavy atom. The number of rotatable bonds is 7. The Morgan fingerprint density at radius 3 is 2.75 bits per heavy atom. The third kappa shape index (κ3) is 4.55. The molecule has 0 aliphatic carbocycles. The van der Waals surface area contributed by atoms with Gasteiger partial charge in [-0.05, 0) is 68.7 Å². The Bertz CT molecular complexity index is 1740. The zero-order chi connectivity index (χ0) is 30.0. The summed E-state index contributed by atoms with van der Waals surface area (Å²) in [6, 6.07) is 8.51. The fourth-order valence-corrected chi connectivity index (χ4v) is 8.22. The second-order valence-electron chi connectivity index (χ2n) is 12.8. The maximum atomic E-state index is 16.7. The molecule has 2 aromatic heterocycles. The minimum absolute atomic E-state index is 0.0678. The fourth-order valence-electron chi connectivity index (χ4n) is 8.22. The highest BCUT2D eigenvalue weighted by Crippen LogP contribution is 2.43. The first-order valence-corrected chi connectivity index (χ1v) is 15.6. The number of anilines is 1. The number of aromatic nitrogens is 3. The molecule has 0 spiro atoms. The van der Waals surface area contributed by atoms with E-state index in [4.69, 9.17) is 14.5 Å². The number of benzene rings is 2. The van der Waals surface area contributed by atoms with Crippen molar-refractivity contribution < 1.29 is 23.4 Å². The largest absolute Gasteiger partial charge is 0.508 e. The highest BCUT2D eigenvalue weighted by Gasteiger charge is 2.49. The quantitative estimate of drug-likeness (QED) is 0.310. The summed E-state index contributed by atoms with van der Waals surface area (Å²) in [7, 11) is 1.74. The van der Waals surface area contributed by atoms with E-state index in [-0.39, 0.29) is 39.5 Å². The average Bonchev–Trinajstić information content (AvgIpc) is 3.69. The molecule has 2 N–H and O–H groups in total. The van der Waals surface area contributed by atoms with Gasteiger partial charge in [-0.25, -0.2) is 8.78 Å². The molecule has 2 bridgehead atoms. The third-order valence-corrected chi connectivity index (χ3v) is 10.2. The van der Waals surface area contributed by atoms with Crippen LogP contribution in [0.3, 0.4) is 0 Å². The zero-order valence-corrected chi connectivity index (χ0v) is 24.7. The molecule has 4 aliphatic rings. The molecule has 9 nitrogen and oxygen atoms in total. The van der Waals surface area contributed by atoms with E-state index in [1.54, 1.807) is 25.4 Å². The maximum Gasteiger partial charge on any atom is 0.319 e. The minimum Gasteiger partial charge on any atom is -0.508 e. The van der Waals surface area contributed by atoms with Crippen molar-refractivity contribution in [3.05, 3.63) is 48.2 Å². The van der Waals surface area contributed by atoms with E-state index in [0.29, 0.717) is 47.9 Å². The van der Waals surface area contributed by atoms with E-state index in [9.17, 15) is 5.11 Å². The van der Waals surface area contributed by atoms with Gasteiger partial charge in [0.2, 0.25) is 0 Å². The lowest BCUT2D eigenvalue weighted by molar-refractivity contribution is 0.0521. The van der Waals surface area contributed by atoms with E-state index >= 15 is 8.78 Å². The SMILES string of the molecule is COC[C@H]1CC[C@@]2(COc3nc(N4CC5CCC(C4)N5)c4cnc(-c5cc(O)cc6cccc(F)c56)c(F)c4n3)CCCN12. The van der Waals surface area contributed by atoms with Crippen LogP contribution in [0.4, 0.5) is 14.6 Å². The van der Waals surface area contributed by atoms with Crippen LogP contribution in [0, 0.1) is 11.6 Å². The van der Waals surface area contributed by atoms with Crippen LogP contribution in [-0.4, -0.2) is 88.6 Å². The first kappa shape index (κ1) is 27.8. The molecule has 11 heteroatoms. The summed E-state index contributed by atoms with van der Waals surface area (Å²) in [5.74, 6) is -0.735. The van der Waals surface area contributed by atoms with Crippen LogP contribution in [-0.2, 0) is 4.74 Å². The van der Waals surface area contributed by atoms with Crippen LogP contribution < -0.4 is 15.0 Å². The van der Waals surface area contributed by atoms with Crippen molar-refractivity contribution in [2.45, 2.75) is 62.2 Å². The number of aromatic hydroxyl groups is 1. The summed E-state index contributed by atoms with van der Waals surface area (Å²) in [6.45, 7) is 3.58. The Kier molecular flexibility index (Phi) is 6.80. The Balaban J connectivity index is 1.23. The number of nitrogens with zero attached hydrogens (tertiary/aromatic N) is 5. The smallest absolute Gasteiger partial charge is 0.319 e. The van der Waals surface area contributed by atoms with E-state index in [1.165, 1.54) is 18.2 Å². The standard InChI is InChI=1S/C33H36F2N6O3/c1-43-17-22-8-10-33(9-3-11-41(22)33)18-44-32-38-30-25(31(39-32)40-15-20-6-7-21(16-40)37-20)14-36-29(28(30)35)24-13-23(42)12-19-4-2-5-26(34)27(19)24/h2,4-5,12-14,20-22,37,42H,3,6-11,15-18H2,1H3/t20?,21?,22-,33-/m1/s1. The number of hydrogen-bond donors (Lipinski definition) is 2. The second-order valence-corrected chi connectivity index (χ2v) is 12.8. The van der Waals surface area contributed by atoms with Gasteiger partial charge in [0.05, 0.1) is 17.5 Å². The molecule has 2 unspecified atom stereocenters. The number of halogens is 2. The van der Waals surface area contributed by atoms with Gasteiger partial charge in [-0.1, -0.05) is 12.1 Å². The lowest BCUT2D eigenvalue weighted by atomic mass is 9.95. The summed E-state index contributed by atoms with van der Waals surface area (Å²) in [5, 5.41) is 15.2. The maximum absolute atomic E-state index is 16.7. The van der Waals surface area contributed by atoms with Crippen molar-refractivity contribution in [3.8, 4) is 23.0 Å². The van der Waals surface area contributed by atoms with Crippen LogP contribution in [0.25, 0.3) is 32.9 Å². The Morgan fingerprint density at radius 2 is 1.93 bits per heavy atom. The van der Waals surface area contributed by atoms with Gasteiger partial charge in [-0.15, -0.1) is 0 Å². The first-order chi connectivity index (χ1) is 21.4. The van der Waals surface area contributed by atoms with Crippen molar-refractivity contribution in [3.63, 3.8) is 0 Å². The molecule has 0 radical (unpaired) electrons. The number of piperazine rings is 1. The number of pyridine rings is 1. The molecule has 230 valence electrons. The number of ether oxygens (including phenoxy) is 2. The molecule has 4 saturated heterocycles. The number of hydrogen-bond acceptors (Lipinski definition) is 9. The lowest BCUT2D eigenvalue weighted by Gasteiger charge is -2.35. The molecule has 8 rings (SSSR count). The molecule has 0 saturated carbocycles. The summed E-state index contributed by atoms with van der Waals surface area (Å²) >= 11 is 0. The number of methoxy groups -OCH3 is 1. The van der Waals surface area contributed by atoms with Gasteiger partial charge in [0, 0.05) is 55.5 Å². The van der Waals surface area contributed by atoms with Crippen LogP contribution in [0.5, 0.6) is 11.8 Å². The zero-order valence-electron chi connectivity index (χ0n) is 24.7. The fraction of sp³-hybridized carbons (Fsp3) is 0.485. The highest BCUT2D eigenvalue weighted by atomic mass is 19.1. The minimum atomic E-state index is -0.703. The molecule has 4 fully saturated rings. The van der Waals surface area contributed by atoms with Crippen LogP contribution in [0.1, 0.15) is 38.5 Å². The number of nitrogens with one attached hydrogen (secondary N) is 1. The number of phenolic OH excluding ortho intramolecular Hbond substituents is 1. The van der Waals surface area contributed by atoms with Gasteiger partial charge in [0.15, 0.2) is 5.82 Å². The van der Waals surface area contributed by atoms with E-state index in [0.717, 1.165) is 58.2 Å². The molecule has 4 aromatic rings. The molecule has 0 amide bonds. The normalized spacial score (nSPS) is 26.6. The van der Waals surface area contributed by atoms with E-state index in [1.807, 2.05) is 0 Å². The van der Waals surface area contributed by atoms with Gasteiger partial charge >= 0.3 is 6.01 Å². The monoisotopic (exact) mass is 602 g/mol. The molecule has 44 heavy (non-hydrogen) atoms. The predicted molar refractivity (Wildman–Crippen MR) is 163 cm³/mol. The van der Waals surface area contributed by atoms with Gasteiger partial charge < -0.3 is 24.8 Å². The molecule has 4 aliphatic heterocycles. The summed E-state index contributed by atoms with van der Waals surface area (Å²) in [5.41, 5.74) is 0.0304. The molecular formula is C33H36F2N6O3. The van der Waals surface area contributed by atoms with Gasteiger partial charge in [-0.3, -0.25) is 9.88 Å². The average molecular weight is 603 g/mol. The van der Waals surface area contributed by atoms with Gasteiger partial charge in [0.25, 0.3) is 0 Å². The molecule has 4 atom stereocenters. The van der Waals surface area contributed by atoms with E-state index < -0.39 is 11.6 Å². The summed E-state index contributed by atoms with van der Waals surface area (Å²) in [6.07, 6.45) is 7.90. The second kappa shape index (κ2) is 10.7. The topological polar surface area (TPSA) is 95.9 Å². The highest BCUT2D eigenvalue weighted by molar-refractivity contribution is 6.00. The summed E-state index contributed by atoms with van der Waals surface area (Å²) < 4.78 is 43.7. The Labute approximate surface area is 254 Å².